The number of ether oxygens (including phenoxy) is 5. The summed E-state index contributed by atoms with van der Waals surface area (Å²) in [5.74, 6) is 1.31. The molecule has 0 aliphatic carbocycles. The van der Waals surface area contributed by atoms with E-state index in [1.54, 1.807) is 25.3 Å². The summed E-state index contributed by atoms with van der Waals surface area (Å²) in [5, 5.41) is 15.4. The summed E-state index contributed by atoms with van der Waals surface area (Å²) in [4.78, 5) is 2.35. The lowest BCUT2D eigenvalue weighted by Gasteiger charge is -2.36. The molecule has 0 aromatic heterocycles. The van der Waals surface area contributed by atoms with Crippen LogP contribution in [0.3, 0.4) is 0 Å². The van der Waals surface area contributed by atoms with Crippen LogP contribution in [0.1, 0.15) is 29.0 Å². The van der Waals surface area contributed by atoms with Crippen molar-refractivity contribution in [2.45, 2.75) is 37.8 Å². The lowest BCUT2D eigenvalue weighted by molar-refractivity contribution is -0.0328. The summed E-state index contributed by atoms with van der Waals surface area (Å²) in [5.41, 5.74) is 4.26. The summed E-state index contributed by atoms with van der Waals surface area (Å²) in [6, 6.07) is 19.6. The average Bonchev–Trinajstić information content (AvgIpc) is 3.02. The quantitative estimate of drug-likeness (QED) is 0.227. The van der Waals surface area contributed by atoms with Crippen molar-refractivity contribution in [1.29, 1.82) is 0 Å². The molecule has 5 rings (SSSR count). The molecular weight excluding hydrogens is 591 g/mol. The Labute approximate surface area is 263 Å². The number of hydrogen-bond donors (Lipinski definition) is 2. The van der Waals surface area contributed by atoms with Gasteiger partial charge in [0, 0.05) is 50.4 Å². The van der Waals surface area contributed by atoms with Crippen LogP contribution in [-0.2, 0) is 27.4 Å². The van der Waals surface area contributed by atoms with Gasteiger partial charge in [0.15, 0.2) is 0 Å². The maximum atomic E-state index is 11.0. The third-order valence-electron chi connectivity index (χ3n) is 7.75. The molecule has 2 N–H and O–H groups in total. The molecule has 0 spiro atoms. The Morgan fingerprint density at radius 2 is 1.79 bits per heavy atom. The van der Waals surface area contributed by atoms with Gasteiger partial charge in [-0.1, -0.05) is 53.5 Å². The number of nitrogens with zero attached hydrogens (tertiary/aromatic N) is 1. The van der Waals surface area contributed by atoms with Crippen LogP contribution < -0.4 is 19.7 Å². The minimum Gasteiger partial charge on any atom is -0.490 e. The fraction of sp³-hybridized carbons (Fsp3) is 0.455. The first-order chi connectivity index (χ1) is 21.0. The molecule has 43 heavy (non-hydrogen) atoms. The fourth-order valence-electron chi connectivity index (χ4n) is 5.54. The van der Waals surface area contributed by atoms with Crippen molar-refractivity contribution in [3.8, 4) is 11.5 Å². The van der Waals surface area contributed by atoms with Crippen molar-refractivity contribution in [3.05, 3.63) is 87.4 Å². The number of piperidine rings is 1. The number of halogens is 2. The van der Waals surface area contributed by atoms with Crippen LogP contribution in [0.25, 0.3) is 0 Å². The van der Waals surface area contributed by atoms with Crippen LogP contribution in [0.4, 0.5) is 5.69 Å². The Bertz CT molecular complexity index is 1310. The van der Waals surface area contributed by atoms with E-state index in [1.807, 2.05) is 18.2 Å². The Kier molecular flexibility index (Phi) is 11.8. The van der Waals surface area contributed by atoms with Gasteiger partial charge in [0.25, 0.3) is 0 Å². The monoisotopic (exact) mass is 630 g/mol. The van der Waals surface area contributed by atoms with Crippen LogP contribution in [0.2, 0.25) is 10.0 Å². The average molecular weight is 632 g/mol. The minimum atomic E-state index is -0.551. The molecule has 2 heterocycles. The van der Waals surface area contributed by atoms with Crippen LogP contribution in [-0.4, -0.2) is 77.0 Å². The third kappa shape index (κ3) is 8.76. The van der Waals surface area contributed by atoms with Crippen LogP contribution in [0, 0.1) is 0 Å². The van der Waals surface area contributed by atoms with Gasteiger partial charge < -0.3 is 39.0 Å². The second-order valence-corrected chi connectivity index (χ2v) is 11.6. The lowest BCUT2D eigenvalue weighted by Crippen LogP contribution is -2.49. The van der Waals surface area contributed by atoms with Crippen molar-refractivity contribution < 1.29 is 28.8 Å². The highest BCUT2D eigenvalue weighted by Gasteiger charge is 2.34. The molecule has 0 saturated carbocycles. The highest BCUT2D eigenvalue weighted by molar-refractivity contribution is 6.34. The predicted octanol–water partition coefficient (Wildman–Crippen LogP) is 5.46. The van der Waals surface area contributed by atoms with E-state index in [9.17, 15) is 5.11 Å². The minimum absolute atomic E-state index is 0.140. The van der Waals surface area contributed by atoms with Crippen LogP contribution >= 0.6 is 23.2 Å². The van der Waals surface area contributed by atoms with Gasteiger partial charge in [-0.3, -0.25) is 0 Å². The first-order valence-corrected chi connectivity index (χ1v) is 15.5. The highest BCUT2D eigenvalue weighted by Crippen LogP contribution is 2.34. The second-order valence-electron chi connectivity index (χ2n) is 10.8. The van der Waals surface area contributed by atoms with E-state index in [1.165, 1.54) is 0 Å². The number of aliphatic hydroxyl groups is 1. The summed E-state index contributed by atoms with van der Waals surface area (Å²) >= 11 is 12.1. The molecule has 1 fully saturated rings. The number of anilines is 1. The number of fused-ring (bicyclic) bond motifs is 1. The zero-order valence-electron chi connectivity index (χ0n) is 24.5. The van der Waals surface area contributed by atoms with Crippen molar-refractivity contribution >= 4 is 28.9 Å². The molecule has 1 saturated heterocycles. The van der Waals surface area contributed by atoms with E-state index >= 15 is 0 Å². The summed E-state index contributed by atoms with van der Waals surface area (Å²) in [6.07, 6.45) is 0.235. The van der Waals surface area contributed by atoms with Gasteiger partial charge in [-0.25, -0.2) is 0 Å². The first kappa shape index (κ1) is 31.9. The number of benzene rings is 3. The van der Waals surface area contributed by atoms with E-state index in [-0.39, 0.29) is 12.0 Å². The van der Waals surface area contributed by atoms with Crippen LogP contribution in [0.5, 0.6) is 11.5 Å². The van der Waals surface area contributed by atoms with Crippen molar-refractivity contribution in [3.63, 3.8) is 0 Å². The van der Waals surface area contributed by atoms with Crippen molar-refractivity contribution in [1.82, 2.24) is 5.32 Å². The standard InChI is InChI=1S/C33H40Cl2N2O6/c1-39-13-2-11-37-12-14-41-30-10-5-24(17-28(30)37)22-43-32-20-36-19-29(38)33(32)25-6-3-23(4-7-25)21-40-15-16-42-31-18-26(34)8-9-27(31)35/h3-10,17-18,29,32-33,36,38H,2,11-16,19-22H2,1H3/t29-,32+,33+/m1/s1. The smallest absolute Gasteiger partial charge is 0.142 e. The molecular formula is C33H40Cl2N2O6. The van der Waals surface area contributed by atoms with Gasteiger partial charge in [-0.2, -0.15) is 0 Å². The van der Waals surface area contributed by atoms with E-state index < -0.39 is 6.10 Å². The highest BCUT2D eigenvalue weighted by atomic mass is 35.5. The van der Waals surface area contributed by atoms with Crippen molar-refractivity contribution in [2.24, 2.45) is 0 Å². The molecule has 0 unspecified atom stereocenters. The molecule has 8 nitrogen and oxygen atoms in total. The Balaban J connectivity index is 1.14. The molecule has 0 radical (unpaired) electrons. The lowest BCUT2D eigenvalue weighted by atomic mass is 9.85. The maximum absolute atomic E-state index is 11.0. The Morgan fingerprint density at radius 1 is 0.953 bits per heavy atom. The van der Waals surface area contributed by atoms with Crippen molar-refractivity contribution in [2.75, 3.05) is 64.6 Å². The summed E-state index contributed by atoms with van der Waals surface area (Å²) < 4.78 is 29.1. The van der Waals surface area contributed by atoms with Gasteiger partial charge in [0.05, 0.1) is 49.3 Å². The van der Waals surface area contributed by atoms with E-state index in [0.29, 0.717) is 61.9 Å². The van der Waals surface area contributed by atoms with Gasteiger partial charge in [0.1, 0.15) is 24.7 Å². The molecule has 2 aliphatic heterocycles. The number of β-amino-alcohol motifs (C(OH)–C–C–N with tert-alkyl or cyclic N) is 1. The predicted molar refractivity (Wildman–Crippen MR) is 169 cm³/mol. The molecule has 232 valence electrons. The van der Waals surface area contributed by atoms with E-state index in [4.69, 9.17) is 46.9 Å². The molecule has 0 bridgehead atoms. The Hall–Kier alpha value is -2.56. The summed E-state index contributed by atoms with van der Waals surface area (Å²) in [6.45, 7) is 6.05. The molecule has 3 atom stereocenters. The van der Waals surface area contributed by atoms with Gasteiger partial charge in [-0.15, -0.1) is 0 Å². The van der Waals surface area contributed by atoms with E-state index in [0.717, 1.165) is 54.2 Å². The molecule has 2 aliphatic rings. The van der Waals surface area contributed by atoms with Crippen LogP contribution in [0.15, 0.2) is 60.7 Å². The van der Waals surface area contributed by atoms with Gasteiger partial charge in [0.2, 0.25) is 0 Å². The SMILES string of the molecule is COCCCN1CCOc2ccc(CO[C@H]3CNC[C@@H](O)[C@@H]3c3ccc(COCCOc4cc(Cl)ccc4Cl)cc3)cc21. The zero-order chi connectivity index (χ0) is 30.0. The topological polar surface area (TPSA) is 81.7 Å². The second kappa shape index (κ2) is 16.0. The molecule has 0 amide bonds. The number of aliphatic hydroxyl groups excluding tert-OH is 1. The van der Waals surface area contributed by atoms with Gasteiger partial charge >= 0.3 is 0 Å². The summed E-state index contributed by atoms with van der Waals surface area (Å²) in [7, 11) is 1.73. The van der Waals surface area contributed by atoms with E-state index in [2.05, 4.69) is 34.5 Å². The van der Waals surface area contributed by atoms with Gasteiger partial charge in [-0.05, 0) is 47.4 Å². The molecule has 10 heteroatoms. The number of nitrogens with one attached hydrogen (secondary N) is 1. The molecule has 3 aromatic rings. The normalized spacial score (nSPS) is 20.0. The fourth-order valence-corrected chi connectivity index (χ4v) is 5.88. The molecule has 3 aromatic carbocycles. The largest absolute Gasteiger partial charge is 0.490 e. The Morgan fingerprint density at radius 3 is 2.63 bits per heavy atom. The number of rotatable bonds is 14. The third-order valence-corrected chi connectivity index (χ3v) is 8.30. The zero-order valence-corrected chi connectivity index (χ0v) is 26.0. The first-order valence-electron chi connectivity index (χ1n) is 14.8. The number of methoxy groups -OCH3 is 1. The maximum Gasteiger partial charge on any atom is 0.142 e. The number of hydrogen-bond acceptors (Lipinski definition) is 8.